The first-order valence-corrected chi connectivity index (χ1v) is 14.0. The maximum Gasteiger partial charge on any atom is 0.501 e. The van der Waals surface area contributed by atoms with E-state index in [4.69, 9.17) is 18.0 Å². The lowest BCUT2D eigenvalue weighted by Crippen LogP contribution is -2.46. The van der Waals surface area contributed by atoms with Gasteiger partial charge in [0.1, 0.15) is 0 Å². The van der Waals surface area contributed by atoms with Crippen LogP contribution >= 0.6 is 0 Å². The van der Waals surface area contributed by atoms with Crippen molar-refractivity contribution in [2.75, 3.05) is 44.9 Å². The number of ether oxygens (including phenoxy) is 1. The molecule has 2 N–H and O–H groups in total. The van der Waals surface area contributed by atoms with Crippen LogP contribution in [0.1, 0.15) is 27.2 Å². The first kappa shape index (κ1) is 29.5. The molecule has 0 spiro atoms. The Balaban J connectivity index is 1.70. The monoisotopic (exact) mass is 520 g/mol. The van der Waals surface area contributed by atoms with Crippen molar-refractivity contribution < 1.29 is 28.0 Å². The summed E-state index contributed by atoms with van der Waals surface area (Å²) in [5.74, 6) is 0. The van der Waals surface area contributed by atoms with Crippen molar-refractivity contribution >= 4 is 31.6 Å². The summed E-state index contributed by atoms with van der Waals surface area (Å²) in [4.78, 5) is 10.2. The molecule has 0 amide bonds. The number of aliphatic hydroxyl groups is 1. The smallest absolute Gasteiger partial charge is 0.389 e. The molecule has 12 heteroatoms. The fourth-order valence-corrected chi connectivity index (χ4v) is 5.89. The SMILES string of the molecule is CCO[Si](CCCOCC(O)CNc1ccc(N=Nc2ccc([N+](=O)[O-])cc2)cc1)(OCC)OCC. The minimum atomic E-state index is -2.66. The predicted molar refractivity (Wildman–Crippen MR) is 139 cm³/mol. The van der Waals surface area contributed by atoms with E-state index < -0.39 is 19.8 Å². The van der Waals surface area contributed by atoms with Gasteiger partial charge in [0.15, 0.2) is 0 Å². The molecule has 0 aliphatic heterocycles. The summed E-state index contributed by atoms with van der Waals surface area (Å²) in [5, 5.41) is 32.3. The molecular formula is C24H36N4O7Si. The van der Waals surface area contributed by atoms with E-state index in [1.165, 1.54) is 24.3 Å². The van der Waals surface area contributed by atoms with E-state index in [1.54, 1.807) is 12.1 Å². The molecule has 0 aromatic heterocycles. The van der Waals surface area contributed by atoms with E-state index in [1.807, 2.05) is 32.9 Å². The van der Waals surface area contributed by atoms with Gasteiger partial charge in [0.2, 0.25) is 0 Å². The second-order valence-electron chi connectivity index (χ2n) is 7.72. The van der Waals surface area contributed by atoms with E-state index in [-0.39, 0.29) is 12.3 Å². The molecule has 1 unspecified atom stereocenters. The summed E-state index contributed by atoms with van der Waals surface area (Å²) < 4.78 is 23.1. The van der Waals surface area contributed by atoms with Crippen LogP contribution in [0.25, 0.3) is 0 Å². The van der Waals surface area contributed by atoms with Crippen LogP contribution in [-0.4, -0.2) is 64.5 Å². The molecule has 1 atom stereocenters. The van der Waals surface area contributed by atoms with Gasteiger partial charge >= 0.3 is 8.80 Å². The van der Waals surface area contributed by atoms with Gasteiger partial charge in [-0.2, -0.15) is 10.2 Å². The zero-order valence-corrected chi connectivity index (χ0v) is 22.1. The molecule has 0 saturated carbocycles. The molecule has 2 rings (SSSR count). The Kier molecular flexibility index (Phi) is 13.2. The van der Waals surface area contributed by atoms with Crippen LogP contribution in [0.15, 0.2) is 58.8 Å². The van der Waals surface area contributed by atoms with Gasteiger partial charge in [-0.05, 0) is 63.6 Å². The molecule has 0 heterocycles. The number of azo groups is 1. The highest BCUT2D eigenvalue weighted by Gasteiger charge is 2.39. The fourth-order valence-electron chi connectivity index (χ4n) is 3.31. The number of nitro benzene ring substituents is 1. The summed E-state index contributed by atoms with van der Waals surface area (Å²) >= 11 is 0. The Morgan fingerprint density at radius 1 is 0.944 bits per heavy atom. The first-order valence-electron chi connectivity index (χ1n) is 12.1. The zero-order valence-electron chi connectivity index (χ0n) is 21.1. The predicted octanol–water partition coefficient (Wildman–Crippen LogP) is 5.24. The Morgan fingerprint density at radius 2 is 1.47 bits per heavy atom. The van der Waals surface area contributed by atoms with Gasteiger partial charge in [-0.1, -0.05) is 0 Å². The van der Waals surface area contributed by atoms with Crippen LogP contribution in [0.3, 0.4) is 0 Å². The molecule has 0 aliphatic rings. The number of benzene rings is 2. The van der Waals surface area contributed by atoms with E-state index >= 15 is 0 Å². The molecule has 0 bridgehead atoms. The van der Waals surface area contributed by atoms with Gasteiger partial charge in [-0.25, -0.2) is 0 Å². The molecule has 36 heavy (non-hydrogen) atoms. The number of anilines is 1. The standard InChI is InChI=1S/C24H36N4O7Si/c1-4-33-36(34-5-2,35-6-3)17-7-16-32-19-24(29)18-25-20-8-10-21(11-9-20)26-27-22-12-14-23(15-13-22)28(30)31/h8-15,24-25,29H,4-7,16-19H2,1-3H3. The quantitative estimate of drug-likeness (QED) is 0.0895. The highest BCUT2D eigenvalue weighted by Crippen LogP contribution is 2.22. The van der Waals surface area contributed by atoms with Crippen molar-refractivity contribution in [2.24, 2.45) is 10.2 Å². The van der Waals surface area contributed by atoms with Crippen molar-refractivity contribution in [2.45, 2.75) is 39.3 Å². The molecule has 0 aliphatic carbocycles. The number of hydrogen-bond donors (Lipinski definition) is 2. The Hall–Kier alpha value is -2.74. The summed E-state index contributed by atoms with van der Waals surface area (Å²) in [6.45, 7) is 8.44. The lowest BCUT2D eigenvalue weighted by molar-refractivity contribution is -0.384. The number of nitrogens with one attached hydrogen (secondary N) is 1. The lowest BCUT2D eigenvalue weighted by Gasteiger charge is -2.28. The van der Waals surface area contributed by atoms with Crippen molar-refractivity contribution in [1.82, 2.24) is 0 Å². The van der Waals surface area contributed by atoms with Gasteiger partial charge in [0.05, 0.1) is 29.0 Å². The summed E-state index contributed by atoms with van der Waals surface area (Å²) in [6, 6.07) is 13.7. The Bertz CT molecular complexity index is 912. The van der Waals surface area contributed by atoms with E-state index in [0.29, 0.717) is 50.4 Å². The average molecular weight is 521 g/mol. The van der Waals surface area contributed by atoms with Gasteiger partial charge < -0.3 is 28.4 Å². The van der Waals surface area contributed by atoms with Gasteiger partial charge in [0.25, 0.3) is 5.69 Å². The number of nitrogens with zero attached hydrogens (tertiary/aromatic N) is 3. The third-order valence-corrected chi connectivity index (χ3v) is 8.08. The molecule has 0 saturated heterocycles. The molecule has 11 nitrogen and oxygen atoms in total. The van der Waals surface area contributed by atoms with Crippen LogP contribution in [0.5, 0.6) is 0 Å². The zero-order chi connectivity index (χ0) is 26.2. The van der Waals surface area contributed by atoms with E-state index in [2.05, 4.69) is 15.5 Å². The van der Waals surface area contributed by atoms with Crippen molar-refractivity contribution in [3.8, 4) is 0 Å². The number of rotatable bonds is 18. The van der Waals surface area contributed by atoms with Crippen LogP contribution in [0.4, 0.5) is 22.7 Å². The maximum atomic E-state index is 10.7. The molecule has 198 valence electrons. The third kappa shape index (κ3) is 10.5. The van der Waals surface area contributed by atoms with Crippen LogP contribution in [-0.2, 0) is 18.0 Å². The molecule has 0 radical (unpaired) electrons. The molecule has 2 aromatic rings. The van der Waals surface area contributed by atoms with Gasteiger partial charge in [-0.15, -0.1) is 0 Å². The first-order chi connectivity index (χ1) is 17.4. The third-order valence-electron chi connectivity index (χ3n) is 4.93. The summed E-state index contributed by atoms with van der Waals surface area (Å²) in [5.41, 5.74) is 1.98. The molecule has 2 aromatic carbocycles. The second-order valence-corrected chi connectivity index (χ2v) is 10.4. The number of aliphatic hydroxyl groups excluding tert-OH is 1. The molecular weight excluding hydrogens is 484 g/mol. The van der Waals surface area contributed by atoms with Crippen molar-refractivity contribution in [3.63, 3.8) is 0 Å². The highest BCUT2D eigenvalue weighted by molar-refractivity contribution is 6.60. The number of hydrogen-bond acceptors (Lipinski definition) is 10. The van der Waals surface area contributed by atoms with Gasteiger partial charge in [-0.3, -0.25) is 10.1 Å². The molecule has 0 fully saturated rings. The van der Waals surface area contributed by atoms with Crippen molar-refractivity contribution in [3.05, 3.63) is 58.6 Å². The maximum absolute atomic E-state index is 10.7. The van der Waals surface area contributed by atoms with E-state index in [0.717, 1.165) is 12.1 Å². The van der Waals surface area contributed by atoms with Crippen LogP contribution < -0.4 is 5.32 Å². The largest absolute Gasteiger partial charge is 0.501 e. The van der Waals surface area contributed by atoms with Crippen molar-refractivity contribution in [1.29, 1.82) is 0 Å². The number of nitro groups is 1. The Labute approximate surface area is 213 Å². The normalized spacial score (nSPS) is 12.7. The van der Waals surface area contributed by atoms with E-state index in [9.17, 15) is 15.2 Å². The summed E-state index contributed by atoms with van der Waals surface area (Å²) in [7, 11) is -2.66. The average Bonchev–Trinajstić information content (AvgIpc) is 2.87. The lowest BCUT2D eigenvalue weighted by atomic mass is 10.2. The van der Waals surface area contributed by atoms with Gasteiger partial charge in [0, 0.05) is 56.8 Å². The minimum Gasteiger partial charge on any atom is -0.389 e. The fraction of sp³-hybridized carbons (Fsp3) is 0.500. The minimum absolute atomic E-state index is 0.00498. The highest BCUT2D eigenvalue weighted by atomic mass is 28.4. The van der Waals surface area contributed by atoms with Crippen LogP contribution in [0.2, 0.25) is 6.04 Å². The second kappa shape index (κ2) is 16.1. The Morgan fingerprint density at radius 3 is 1.97 bits per heavy atom. The summed E-state index contributed by atoms with van der Waals surface area (Å²) in [6.07, 6.45) is 0.0570. The van der Waals surface area contributed by atoms with Crippen LogP contribution in [0, 0.1) is 10.1 Å². The topological polar surface area (TPSA) is 137 Å². The number of non-ortho nitro benzene ring substituents is 1.